The standard InChI is InChI=1S/C17H24N2OS/c1-4-15-16(11-18-10-13(2)3)21-17(19-15)12-20-14-8-6-5-7-9-14/h5-9,13,18H,4,10-12H2,1-3H3. The first-order chi connectivity index (χ1) is 10.2. The topological polar surface area (TPSA) is 34.1 Å². The summed E-state index contributed by atoms with van der Waals surface area (Å²) in [6.45, 7) is 9.09. The number of nitrogens with one attached hydrogen (secondary N) is 1. The molecular formula is C17H24N2OS. The number of aryl methyl sites for hydroxylation is 1. The summed E-state index contributed by atoms with van der Waals surface area (Å²) in [5, 5.41) is 4.55. The highest BCUT2D eigenvalue weighted by atomic mass is 32.1. The van der Waals surface area contributed by atoms with Crippen molar-refractivity contribution in [2.75, 3.05) is 6.54 Å². The summed E-state index contributed by atoms with van der Waals surface area (Å²) in [5.74, 6) is 1.56. The van der Waals surface area contributed by atoms with Gasteiger partial charge in [-0.3, -0.25) is 0 Å². The van der Waals surface area contributed by atoms with E-state index in [0.29, 0.717) is 12.5 Å². The SMILES string of the molecule is CCc1nc(COc2ccccc2)sc1CNCC(C)C. The van der Waals surface area contributed by atoms with E-state index in [1.165, 1.54) is 10.6 Å². The summed E-state index contributed by atoms with van der Waals surface area (Å²) in [5.41, 5.74) is 1.20. The van der Waals surface area contributed by atoms with Crippen LogP contribution >= 0.6 is 11.3 Å². The number of para-hydroxylation sites is 1. The van der Waals surface area contributed by atoms with Crippen LogP contribution in [0.4, 0.5) is 0 Å². The fourth-order valence-electron chi connectivity index (χ4n) is 2.05. The second kappa shape index (κ2) is 8.15. The second-order valence-corrected chi connectivity index (χ2v) is 6.63. The minimum atomic E-state index is 0.547. The maximum atomic E-state index is 5.78. The van der Waals surface area contributed by atoms with Crippen LogP contribution in [0.2, 0.25) is 0 Å². The van der Waals surface area contributed by atoms with Gasteiger partial charge in [-0.05, 0) is 31.0 Å². The van der Waals surface area contributed by atoms with Crippen molar-refractivity contribution in [2.45, 2.75) is 40.3 Å². The zero-order chi connectivity index (χ0) is 15.1. The van der Waals surface area contributed by atoms with E-state index >= 15 is 0 Å². The van der Waals surface area contributed by atoms with E-state index in [0.717, 1.165) is 30.3 Å². The van der Waals surface area contributed by atoms with Gasteiger partial charge in [-0.1, -0.05) is 39.0 Å². The molecule has 4 heteroatoms. The summed E-state index contributed by atoms with van der Waals surface area (Å²) >= 11 is 1.76. The Labute approximate surface area is 131 Å². The predicted octanol–water partition coefficient (Wildman–Crippen LogP) is 4.03. The molecule has 0 saturated carbocycles. The third kappa shape index (κ3) is 5.14. The molecule has 0 aliphatic carbocycles. The maximum absolute atomic E-state index is 5.78. The van der Waals surface area contributed by atoms with Gasteiger partial charge >= 0.3 is 0 Å². The van der Waals surface area contributed by atoms with Gasteiger partial charge in [0.05, 0.1) is 5.69 Å². The van der Waals surface area contributed by atoms with Crippen LogP contribution in [0.3, 0.4) is 0 Å². The van der Waals surface area contributed by atoms with Crippen molar-refractivity contribution >= 4 is 11.3 Å². The van der Waals surface area contributed by atoms with Crippen LogP contribution in [0.15, 0.2) is 30.3 Å². The van der Waals surface area contributed by atoms with E-state index in [1.54, 1.807) is 11.3 Å². The lowest BCUT2D eigenvalue weighted by Crippen LogP contribution is -2.18. The molecule has 1 N–H and O–H groups in total. The van der Waals surface area contributed by atoms with Crippen LogP contribution in [0.1, 0.15) is 36.3 Å². The van der Waals surface area contributed by atoms with E-state index < -0.39 is 0 Å². The third-order valence-electron chi connectivity index (χ3n) is 3.10. The van der Waals surface area contributed by atoms with Crippen molar-refractivity contribution in [3.8, 4) is 5.75 Å². The van der Waals surface area contributed by atoms with E-state index in [9.17, 15) is 0 Å². The molecule has 2 rings (SSSR count). The number of benzene rings is 1. The Morgan fingerprint density at radius 1 is 1.24 bits per heavy atom. The second-order valence-electron chi connectivity index (χ2n) is 5.46. The molecule has 0 amide bonds. The van der Waals surface area contributed by atoms with Crippen molar-refractivity contribution in [3.63, 3.8) is 0 Å². The largest absolute Gasteiger partial charge is 0.486 e. The normalized spacial score (nSPS) is 11.0. The summed E-state index contributed by atoms with van der Waals surface area (Å²) in [6, 6.07) is 9.90. The average molecular weight is 304 g/mol. The zero-order valence-corrected chi connectivity index (χ0v) is 13.9. The monoisotopic (exact) mass is 304 g/mol. The van der Waals surface area contributed by atoms with Gasteiger partial charge in [-0.2, -0.15) is 0 Å². The average Bonchev–Trinajstić information content (AvgIpc) is 2.88. The van der Waals surface area contributed by atoms with E-state index in [1.807, 2.05) is 30.3 Å². The van der Waals surface area contributed by atoms with Gasteiger partial charge in [0.25, 0.3) is 0 Å². The van der Waals surface area contributed by atoms with E-state index in [2.05, 4.69) is 26.1 Å². The molecule has 0 saturated heterocycles. The smallest absolute Gasteiger partial charge is 0.140 e. The number of rotatable bonds is 8. The lowest BCUT2D eigenvalue weighted by Gasteiger charge is -2.06. The molecule has 0 fully saturated rings. The van der Waals surface area contributed by atoms with Gasteiger partial charge in [-0.15, -0.1) is 11.3 Å². The Balaban J connectivity index is 1.93. The first-order valence-corrected chi connectivity index (χ1v) is 8.36. The predicted molar refractivity (Wildman–Crippen MR) is 88.8 cm³/mol. The van der Waals surface area contributed by atoms with Crippen molar-refractivity contribution < 1.29 is 4.74 Å². The Bertz CT molecular complexity index is 537. The number of hydrogen-bond acceptors (Lipinski definition) is 4. The number of hydrogen-bond donors (Lipinski definition) is 1. The lowest BCUT2D eigenvalue weighted by molar-refractivity contribution is 0.305. The first-order valence-electron chi connectivity index (χ1n) is 7.55. The molecule has 1 aromatic carbocycles. The van der Waals surface area contributed by atoms with Crippen molar-refractivity contribution in [1.82, 2.24) is 10.3 Å². The van der Waals surface area contributed by atoms with Gasteiger partial charge in [0.2, 0.25) is 0 Å². The molecule has 0 radical (unpaired) electrons. The van der Waals surface area contributed by atoms with Crippen LogP contribution in [0, 0.1) is 5.92 Å². The summed E-state index contributed by atoms with van der Waals surface area (Å²) in [7, 11) is 0. The Hall–Kier alpha value is -1.39. The van der Waals surface area contributed by atoms with Crippen LogP contribution in [-0.2, 0) is 19.6 Å². The molecular weight excluding hydrogens is 280 g/mol. The number of thiazole rings is 1. The highest BCUT2D eigenvalue weighted by molar-refractivity contribution is 7.11. The minimum Gasteiger partial charge on any atom is -0.486 e. The van der Waals surface area contributed by atoms with Gasteiger partial charge in [0, 0.05) is 11.4 Å². The maximum Gasteiger partial charge on any atom is 0.140 e. The molecule has 1 heterocycles. The lowest BCUT2D eigenvalue weighted by atomic mass is 10.2. The molecule has 0 atom stereocenters. The molecule has 0 spiro atoms. The Morgan fingerprint density at radius 2 is 2.00 bits per heavy atom. The molecule has 0 bridgehead atoms. The molecule has 0 aliphatic heterocycles. The molecule has 1 aromatic heterocycles. The van der Waals surface area contributed by atoms with Gasteiger partial charge in [0.1, 0.15) is 17.4 Å². The van der Waals surface area contributed by atoms with Crippen LogP contribution < -0.4 is 10.1 Å². The molecule has 114 valence electrons. The van der Waals surface area contributed by atoms with Gasteiger partial charge in [0.15, 0.2) is 0 Å². The molecule has 3 nitrogen and oxygen atoms in total. The molecule has 0 aliphatic rings. The van der Waals surface area contributed by atoms with Crippen molar-refractivity contribution in [3.05, 3.63) is 45.9 Å². The molecule has 21 heavy (non-hydrogen) atoms. The zero-order valence-electron chi connectivity index (χ0n) is 13.1. The Kier molecular flexibility index (Phi) is 6.21. The van der Waals surface area contributed by atoms with Crippen molar-refractivity contribution in [2.24, 2.45) is 5.92 Å². The van der Waals surface area contributed by atoms with Crippen LogP contribution in [0.5, 0.6) is 5.75 Å². The molecule has 2 aromatic rings. The van der Waals surface area contributed by atoms with E-state index in [-0.39, 0.29) is 0 Å². The fourth-order valence-corrected chi connectivity index (χ4v) is 3.09. The number of aromatic nitrogens is 1. The number of nitrogens with zero attached hydrogens (tertiary/aromatic N) is 1. The van der Waals surface area contributed by atoms with Crippen molar-refractivity contribution in [1.29, 1.82) is 0 Å². The van der Waals surface area contributed by atoms with Crippen LogP contribution in [0.25, 0.3) is 0 Å². The van der Waals surface area contributed by atoms with Crippen LogP contribution in [-0.4, -0.2) is 11.5 Å². The fraction of sp³-hybridized carbons (Fsp3) is 0.471. The minimum absolute atomic E-state index is 0.547. The quantitative estimate of drug-likeness (QED) is 0.799. The highest BCUT2D eigenvalue weighted by Gasteiger charge is 2.10. The summed E-state index contributed by atoms with van der Waals surface area (Å²) < 4.78 is 5.78. The van der Waals surface area contributed by atoms with E-state index in [4.69, 9.17) is 9.72 Å². The third-order valence-corrected chi connectivity index (χ3v) is 4.17. The van der Waals surface area contributed by atoms with Gasteiger partial charge < -0.3 is 10.1 Å². The molecule has 0 unspecified atom stereocenters. The summed E-state index contributed by atoms with van der Waals surface area (Å²) in [6.07, 6.45) is 0.973. The highest BCUT2D eigenvalue weighted by Crippen LogP contribution is 2.21. The summed E-state index contributed by atoms with van der Waals surface area (Å²) in [4.78, 5) is 6.03. The van der Waals surface area contributed by atoms with Gasteiger partial charge in [-0.25, -0.2) is 4.98 Å². The Morgan fingerprint density at radius 3 is 2.67 bits per heavy atom. The number of ether oxygens (including phenoxy) is 1. The first kappa shape index (κ1) is 16.0.